The summed E-state index contributed by atoms with van der Waals surface area (Å²) in [5.74, 6) is 0. The third-order valence-electron chi connectivity index (χ3n) is 3.97. The van der Waals surface area contributed by atoms with Crippen molar-refractivity contribution in [3.8, 4) is 0 Å². The summed E-state index contributed by atoms with van der Waals surface area (Å²) in [5, 5.41) is 4.54. The molecule has 0 atom stereocenters. The molecule has 0 aliphatic carbocycles. The first-order valence-electron chi connectivity index (χ1n) is 7.49. The van der Waals surface area contributed by atoms with E-state index in [1.165, 1.54) is 27.8 Å². The number of hydrogen-bond donors (Lipinski definition) is 1. The molecule has 2 rings (SSSR count). The van der Waals surface area contributed by atoms with Crippen LogP contribution in [0.15, 0.2) is 35.5 Å². The van der Waals surface area contributed by atoms with Gasteiger partial charge in [0.1, 0.15) is 0 Å². The number of likely N-dealkylation sites (N-methyl/N-ethyl adjacent to an activating group) is 1. The molecule has 112 valence electrons. The number of nitrogens with zero attached hydrogens (tertiary/aromatic N) is 2. The molecule has 1 N–H and O–H groups in total. The lowest BCUT2D eigenvalue weighted by atomic mass is 9.85. The zero-order valence-electron chi connectivity index (χ0n) is 13.5. The Bertz CT molecular complexity index is 596. The predicted molar refractivity (Wildman–Crippen MR) is 92.5 cm³/mol. The van der Waals surface area contributed by atoms with Crippen LogP contribution in [0.5, 0.6) is 0 Å². The average molecular weight is 283 g/mol. The van der Waals surface area contributed by atoms with E-state index < -0.39 is 0 Å². The van der Waals surface area contributed by atoms with Gasteiger partial charge in [0, 0.05) is 25.7 Å². The van der Waals surface area contributed by atoms with Crippen LogP contribution in [-0.4, -0.2) is 37.8 Å². The van der Waals surface area contributed by atoms with E-state index in [2.05, 4.69) is 61.1 Å². The van der Waals surface area contributed by atoms with Gasteiger partial charge in [-0.25, -0.2) is 0 Å². The number of benzene rings is 1. The lowest BCUT2D eigenvalue weighted by molar-refractivity contribution is 0.405. The number of hydrazone groups is 1. The van der Waals surface area contributed by atoms with Crippen LogP contribution >= 0.6 is 0 Å². The van der Waals surface area contributed by atoms with Gasteiger partial charge in [0.15, 0.2) is 0 Å². The van der Waals surface area contributed by atoms with Gasteiger partial charge in [0.2, 0.25) is 0 Å². The molecule has 3 nitrogen and oxygen atoms in total. The molecule has 0 unspecified atom stereocenters. The molecule has 0 spiro atoms. The zero-order chi connectivity index (χ0) is 15.4. The summed E-state index contributed by atoms with van der Waals surface area (Å²) >= 11 is 0. The van der Waals surface area contributed by atoms with Gasteiger partial charge in [-0.3, -0.25) is 4.90 Å². The summed E-state index contributed by atoms with van der Waals surface area (Å²) in [7, 11) is 4.00. The Morgan fingerprint density at radius 1 is 1.38 bits per heavy atom. The minimum absolute atomic E-state index is 0.866. The molecular weight excluding hydrogens is 258 g/mol. The molecule has 0 bridgehead atoms. The monoisotopic (exact) mass is 283 g/mol. The van der Waals surface area contributed by atoms with Crippen LogP contribution in [0, 0.1) is 6.92 Å². The minimum atomic E-state index is 0.866. The highest BCUT2D eigenvalue weighted by Crippen LogP contribution is 2.32. The third kappa shape index (κ3) is 3.08. The summed E-state index contributed by atoms with van der Waals surface area (Å²) in [6, 6.07) is 6.38. The van der Waals surface area contributed by atoms with Gasteiger partial charge < -0.3 is 5.43 Å². The number of rotatable bonds is 4. The van der Waals surface area contributed by atoms with Crippen molar-refractivity contribution >= 4 is 17.4 Å². The minimum Gasteiger partial charge on any atom is -0.313 e. The molecule has 21 heavy (non-hydrogen) atoms. The normalized spacial score (nSPS) is 18.2. The van der Waals surface area contributed by atoms with E-state index in [-0.39, 0.29) is 0 Å². The molecule has 1 aromatic carbocycles. The first-order valence-corrected chi connectivity index (χ1v) is 7.49. The van der Waals surface area contributed by atoms with Gasteiger partial charge in [-0.1, -0.05) is 37.8 Å². The van der Waals surface area contributed by atoms with Crippen LogP contribution in [0.4, 0.5) is 0 Å². The average Bonchev–Trinajstić information content (AvgIpc) is 2.47. The summed E-state index contributed by atoms with van der Waals surface area (Å²) in [6.45, 7) is 10.2. The first-order chi connectivity index (χ1) is 10.1. The smallest absolute Gasteiger partial charge is 0.0821 e. The van der Waals surface area contributed by atoms with Crippen molar-refractivity contribution in [3.63, 3.8) is 0 Å². The van der Waals surface area contributed by atoms with E-state index >= 15 is 0 Å². The fourth-order valence-electron chi connectivity index (χ4n) is 3.04. The maximum atomic E-state index is 4.54. The summed E-state index contributed by atoms with van der Waals surface area (Å²) in [6.07, 6.45) is 2.98. The molecule has 0 amide bonds. The van der Waals surface area contributed by atoms with Crippen LogP contribution in [0.2, 0.25) is 0 Å². The lowest BCUT2D eigenvalue weighted by Crippen LogP contribution is -2.35. The van der Waals surface area contributed by atoms with E-state index in [1.807, 2.05) is 13.1 Å². The number of aryl methyl sites for hydroxylation is 1. The SMILES string of the molecule is C=Cc1cccc(C)c1C1=C(CC)CN(C)C/C1=N/NC. The van der Waals surface area contributed by atoms with Crippen molar-refractivity contribution in [2.45, 2.75) is 20.3 Å². The molecule has 0 saturated heterocycles. The van der Waals surface area contributed by atoms with Crippen molar-refractivity contribution in [2.75, 3.05) is 27.2 Å². The van der Waals surface area contributed by atoms with Gasteiger partial charge in [0.25, 0.3) is 0 Å². The summed E-state index contributed by atoms with van der Waals surface area (Å²) in [4.78, 5) is 2.31. The summed E-state index contributed by atoms with van der Waals surface area (Å²) < 4.78 is 0. The number of hydrogen-bond acceptors (Lipinski definition) is 3. The van der Waals surface area contributed by atoms with E-state index in [0.717, 1.165) is 25.2 Å². The Kier molecular flexibility index (Phi) is 4.97. The highest BCUT2D eigenvalue weighted by atomic mass is 15.3. The second kappa shape index (κ2) is 6.72. The van der Waals surface area contributed by atoms with Crippen molar-refractivity contribution in [2.24, 2.45) is 5.10 Å². The molecule has 1 aromatic rings. The fourth-order valence-corrected chi connectivity index (χ4v) is 3.04. The molecule has 3 heteroatoms. The van der Waals surface area contributed by atoms with Gasteiger partial charge in [0.05, 0.1) is 5.71 Å². The van der Waals surface area contributed by atoms with Crippen molar-refractivity contribution in [1.82, 2.24) is 10.3 Å². The molecule has 0 fully saturated rings. The Balaban J connectivity index is 2.72. The van der Waals surface area contributed by atoms with Crippen LogP contribution in [-0.2, 0) is 0 Å². The molecule has 1 aliphatic heterocycles. The molecule has 1 aliphatic rings. The topological polar surface area (TPSA) is 27.6 Å². The second-order valence-electron chi connectivity index (χ2n) is 5.53. The standard InChI is InChI=1S/C18H25N3/c1-6-14-10-8-9-13(3)17(14)18-15(7-2)11-21(5)12-16(18)20-19-4/h6,8-10,19H,1,7,11-12H2,2-5H3/b20-16-. The predicted octanol–water partition coefficient (Wildman–Crippen LogP) is 3.32. The van der Waals surface area contributed by atoms with Crippen molar-refractivity contribution in [3.05, 3.63) is 47.0 Å². The van der Waals surface area contributed by atoms with Crippen LogP contribution in [0.3, 0.4) is 0 Å². The van der Waals surface area contributed by atoms with E-state index in [0.29, 0.717) is 0 Å². The maximum Gasteiger partial charge on any atom is 0.0821 e. The quantitative estimate of drug-likeness (QED) is 0.858. The molecule has 0 radical (unpaired) electrons. The molecule has 0 aromatic heterocycles. The van der Waals surface area contributed by atoms with Crippen LogP contribution < -0.4 is 5.43 Å². The lowest BCUT2D eigenvalue weighted by Gasteiger charge is -2.30. The van der Waals surface area contributed by atoms with E-state index in [4.69, 9.17) is 0 Å². The maximum absolute atomic E-state index is 4.54. The second-order valence-corrected chi connectivity index (χ2v) is 5.53. The first kappa shape index (κ1) is 15.5. The summed E-state index contributed by atoms with van der Waals surface area (Å²) in [5.41, 5.74) is 10.6. The van der Waals surface area contributed by atoms with Crippen LogP contribution in [0.25, 0.3) is 11.6 Å². The zero-order valence-corrected chi connectivity index (χ0v) is 13.5. The Morgan fingerprint density at radius 2 is 2.14 bits per heavy atom. The van der Waals surface area contributed by atoms with Crippen molar-refractivity contribution in [1.29, 1.82) is 0 Å². The Labute approximate surface area is 128 Å². The fraction of sp³-hybridized carbons (Fsp3) is 0.389. The van der Waals surface area contributed by atoms with Gasteiger partial charge in [-0.05, 0) is 42.7 Å². The largest absolute Gasteiger partial charge is 0.313 e. The molecular formula is C18H25N3. The third-order valence-corrected chi connectivity index (χ3v) is 3.97. The number of nitrogens with one attached hydrogen (secondary N) is 1. The molecule has 0 saturated carbocycles. The van der Waals surface area contributed by atoms with Gasteiger partial charge in [-0.15, -0.1) is 0 Å². The molecule has 1 heterocycles. The van der Waals surface area contributed by atoms with Gasteiger partial charge in [-0.2, -0.15) is 5.10 Å². The Morgan fingerprint density at radius 3 is 2.76 bits per heavy atom. The van der Waals surface area contributed by atoms with E-state index in [1.54, 1.807) is 0 Å². The van der Waals surface area contributed by atoms with Crippen molar-refractivity contribution < 1.29 is 0 Å². The highest BCUT2D eigenvalue weighted by molar-refractivity contribution is 6.27. The van der Waals surface area contributed by atoms with E-state index in [9.17, 15) is 0 Å². The Hall–Kier alpha value is -1.87. The highest BCUT2D eigenvalue weighted by Gasteiger charge is 2.24. The van der Waals surface area contributed by atoms with Crippen LogP contribution in [0.1, 0.15) is 30.0 Å². The van der Waals surface area contributed by atoms with Gasteiger partial charge >= 0.3 is 0 Å².